The average molecular weight is 346 g/mol. The Bertz CT molecular complexity index is 780. The van der Waals surface area contributed by atoms with Crippen molar-refractivity contribution >= 4 is 40.2 Å². The Hall–Kier alpha value is -1.91. The molecule has 0 spiro atoms. The van der Waals surface area contributed by atoms with Crippen molar-refractivity contribution in [2.24, 2.45) is 0 Å². The van der Waals surface area contributed by atoms with Gasteiger partial charge in [0.1, 0.15) is 11.3 Å². The van der Waals surface area contributed by atoms with Crippen molar-refractivity contribution in [3.8, 4) is 0 Å². The van der Waals surface area contributed by atoms with E-state index in [0.29, 0.717) is 10.8 Å². The van der Waals surface area contributed by atoms with Gasteiger partial charge in [-0.2, -0.15) is 0 Å². The minimum Gasteiger partial charge on any atom is -0.459 e. The fourth-order valence-corrected chi connectivity index (χ4v) is 3.09. The molecule has 1 unspecified atom stereocenters. The lowest BCUT2D eigenvalue weighted by atomic mass is 10.2. The first kappa shape index (κ1) is 16.0. The van der Waals surface area contributed by atoms with Crippen LogP contribution in [0.5, 0.6) is 0 Å². The summed E-state index contributed by atoms with van der Waals surface area (Å²) in [6.07, 6.45) is 0. The van der Waals surface area contributed by atoms with E-state index in [-0.39, 0.29) is 11.9 Å². The third-order valence-corrected chi connectivity index (χ3v) is 4.70. The van der Waals surface area contributed by atoms with E-state index in [1.165, 1.54) is 11.8 Å². The molecule has 0 fully saturated rings. The minimum absolute atomic E-state index is 0.0297. The van der Waals surface area contributed by atoms with Crippen molar-refractivity contribution in [2.45, 2.75) is 17.9 Å². The normalized spacial score (nSPS) is 12.3. The van der Waals surface area contributed by atoms with E-state index in [1.807, 2.05) is 61.5 Å². The van der Waals surface area contributed by atoms with Crippen LogP contribution in [0.2, 0.25) is 5.02 Å². The molecule has 23 heavy (non-hydrogen) atoms. The molecule has 1 amide bonds. The van der Waals surface area contributed by atoms with Crippen LogP contribution in [0.3, 0.4) is 0 Å². The van der Waals surface area contributed by atoms with Gasteiger partial charge in [0.05, 0.1) is 11.8 Å². The number of nitrogens with one attached hydrogen (secondary N) is 1. The van der Waals surface area contributed by atoms with Gasteiger partial charge in [0.2, 0.25) is 5.91 Å². The van der Waals surface area contributed by atoms with E-state index in [1.54, 1.807) is 0 Å². The topological polar surface area (TPSA) is 42.2 Å². The molecule has 3 nitrogen and oxygen atoms in total. The lowest BCUT2D eigenvalue weighted by Crippen LogP contribution is -2.27. The maximum absolute atomic E-state index is 12.1. The Morgan fingerprint density at radius 3 is 2.70 bits per heavy atom. The number of carbonyl (C=O) groups is 1. The standard InChI is InChI=1S/C18H16ClNO2S/c1-12(17-10-13-4-2-3-5-16(13)22-17)20-18(21)11-23-15-8-6-14(19)7-9-15/h2-10,12H,11H2,1H3,(H,20,21). The minimum atomic E-state index is -0.166. The van der Waals surface area contributed by atoms with E-state index in [4.69, 9.17) is 16.0 Å². The number of hydrogen-bond donors (Lipinski definition) is 1. The molecule has 0 aliphatic carbocycles. The molecule has 3 rings (SSSR count). The van der Waals surface area contributed by atoms with E-state index in [9.17, 15) is 4.79 Å². The van der Waals surface area contributed by atoms with Gasteiger partial charge >= 0.3 is 0 Å². The van der Waals surface area contributed by atoms with Crippen LogP contribution in [-0.4, -0.2) is 11.7 Å². The van der Waals surface area contributed by atoms with Crippen LogP contribution in [0.4, 0.5) is 0 Å². The second-order valence-corrected chi connectivity index (χ2v) is 6.70. The maximum Gasteiger partial charge on any atom is 0.230 e. The van der Waals surface area contributed by atoms with Crippen molar-refractivity contribution in [3.05, 3.63) is 65.4 Å². The van der Waals surface area contributed by atoms with Gasteiger partial charge in [-0.05, 0) is 43.3 Å². The van der Waals surface area contributed by atoms with Gasteiger partial charge in [-0.1, -0.05) is 29.8 Å². The quantitative estimate of drug-likeness (QED) is 0.657. The van der Waals surface area contributed by atoms with Gasteiger partial charge in [0.25, 0.3) is 0 Å². The largest absolute Gasteiger partial charge is 0.459 e. The second kappa shape index (κ2) is 7.11. The molecule has 0 saturated heterocycles. The summed E-state index contributed by atoms with van der Waals surface area (Å²) in [5.74, 6) is 1.08. The number of rotatable bonds is 5. The molecular weight excluding hydrogens is 330 g/mol. The fraction of sp³-hybridized carbons (Fsp3) is 0.167. The SMILES string of the molecule is CC(NC(=O)CSc1ccc(Cl)cc1)c1cc2ccccc2o1. The molecule has 0 aliphatic rings. The highest BCUT2D eigenvalue weighted by atomic mass is 35.5. The molecule has 0 aliphatic heterocycles. The lowest BCUT2D eigenvalue weighted by molar-refractivity contribution is -0.119. The van der Waals surface area contributed by atoms with Crippen LogP contribution in [0.1, 0.15) is 18.7 Å². The molecule has 0 saturated carbocycles. The highest BCUT2D eigenvalue weighted by Crippen LogP contribution is 2.24. The Balaban J connectivity index is 1.57. The number of para-hydroxylation sites is 1. The number of benzene rings is 2. The van der Waals surface area contributed by atoms with Crippen molar-refractivity contribution in [3.63, 3.8) is 0 Å². The van der Waals surface area contributed by atoms with Crippen molar-refractivity contribution in [2.75, 3.05) is 5.75 Å². The summed E-state index contributed by atoms with van der Waals surface area (Å²) in [5, 5.41) is 4.69. The molecule has 118 valence electrons. The highest BCUT2D eigenvalue weighted by Gasteiger charge is 2.14. The summed E-state index contributed by atoms with van der Waals surface area (Å²) in [6, 6.07) is 17.1. The second-order valence-electron chi connectivity index (χ2n) is 5.22. The monoisotopic (exact) mass is 345 g/mol. The highest BCUT2D eigenvalue weighted by molar-refractivity contribution is 8.00. The number of fused-ring (bicyclic) bond motifs is 1. The number of thioether (sulfide) groups is 1. The van der Waals surface area contributed by atoms with E-state index in [0.717, 1.165) is 21.6 Å². The van der Waals surface area contributed by atoms with Gasteiger partial charge in [-0.15, -0.1) is 11.8 Å². The van der Waals surface area contributed by atoms with Gasteiger partial charge in [0, 0.05) is 15.3 Å². The third kappa shape index (κ3) is 4.09. The number of halogens is 1. The molecule has 0 radical (unpaired) electrons. The van der Waals surface area contributed by atoms with Gasteiger partial charge < -0.3 is 9.73 Å². The molecule has 5 heteroatoms. The van der Waals surface area contributed by atoms with Crippen LogP contribution in [-0.2, 0) is 4.79 Å². The Kier molecular flexibility index (Phi) is 4.94. The maximum atomic E-state index is 12.1. The number of hydrogen-bond acceptors (Lipinski definition) is 3. The van der Waals surface area contributed by atoms with Crippen LogP contribution in [0, 0.1) is 0 Å². The molecule has 2 aromatic carbocycles. The molecule has 3 aromatic rings. The first-order valence-corrected chi connectivity index (χ1v) is 8.64. The predicted octanol–water partition coefficient (Wildman–Crippen LogP) is 5.06. The zero-order valence-corrected chi connectivity index (χ0v) is 14.2. The number of amides is 1. The summed E-state index contributed by atoms with van der Waals surface area (Å²) in [4.78, 5) is 13.1. The molecule has 1 N–H and O–H groups in total. The lowest BCUT2D eigenvalue weighted by Gasteiger charge is -2.11. The van der Waals surface area contributed by atoms with Crippen molar-refractivity contribution < 1.29 is 9.21 Å². The number of carbonyl (C=O) groups excluding carboxylic acids is 1. The number of furan rings is 1. The third-order valence-electron chi connectivity index (χ3n) is 3.43. The Morgan fingerprint density at radius 1 is 1.22 bits per heavy atom. The molecule has 1 heterocycles. The van der Waals surface area contributed by atoms with E-state index >= 15 is 0 Å². The van der Waals surface area contributed by atoms with Crippen LogP contribution >= 0.6 is 23.4 Å². The summed E-state index contributed by atoms with van der Waals surface area (Å²) in [7, 11) is 0. The van der Waals surface area contributed by atoms with Gasteiger partial charge in [-0.3, -0.25) is 4.79 Å². The zero-order chi connectivity index (χ0) is 16.2. The molecule has 1 atom stereocenters. The molecule has 1 aromatic heterocycles. The van der Waals surface area contributed by atoms with Gasteiger partial charge in [-0.25, -0.2) is 0 Å². The first-order chi connectivity index (χ1) is 11.1. The van der Waals surface area contributed by atoms with E-state index < -0.39 is 0 Å². The van der Waals surface area contributed by atoms with Gasteiger partial charge in [0.15, 0.2) is 0 Å². The van der Waals surface area contributed by atoms with Crippen LogP contribution in [0.15, 0.2) is 63.9 Å². The fourth-order valence-electron chi connectivity index (χ4n) is 2.25. The molecule has 0 bridgehead atoms. The smallest absolute Gasteiger partial charge is 0.230 e. The van der Waals surface area contributed by atoms with Crippen LogP contribution < -0.4 is 5.32 Å². The summed E-state index contributed by atoms with van der Waals surface area (Å²) in [5.41, 5.74) is 0.833. The van der Waals surface area contributed by atoms with Crippen molar-refractivity contribution in [1.29, 1.82) is 0 Å². The van der Waals surface area contributed by atoms with Crippen molar-refractivity contribution in [1.82, 2.24) is 5.32 Å². The first-order valence-electron chi connectivity index (χ1n) is 7.28. The Labute approximate surface area is 144 Å². The average Bonchev–Trinajstić information content (AvgIpc) is 2.98. The predicted molar refractivity (Wildman–Crippen MR) is 94.9 cm³/mol. The Morgan fingerprint density at radius 2 is 1.96 bits per heavy atom. The summed E-state index contributed by atoms with van der Waals surface area (Å²) >= 11 is 7.32. The summed E-state index contributed by atoms with van der Waals surface area (Å²) < 4.78 is 5.77. The van der Waals surface area contributed by atoms with Crippen LogP contribution in [0.25, 0.3) is 11.0 Å². The molecular formula is C18H16ClNO2S. The summed E-state index contributed by atoms with van der Waals surface area (Å²) in [6.45, 7) is 1.92. The zero-order valence-electron chi connectivity index (χ0n) is 12.6. The van der Waals surface area contributed by atoms with E-state index in [2.05, 4.69) is 5.32 Å².